The van der Waals surface area contributed by atoms with Crippen LogP contribution in [0.1, 0.15) is 21.5 Å². The molecule has 0 saturated heterocycles. The molecule has 0 aliphatic carbocycles. The van der Waals surface area contributed by atoms with Crippen LogP contribution >= 0.6 is 0 Å². The molecule has 0 bridgehead atoms. The zero-order valence-corrected chi connectivity index (χ0v) is 17.5. The summed E-state index contributed by atoms with van der Waals surface area (Å²) in [6.07, 6.45) is 1.36. The molecular weight excluding hydrogens is 410 g/mol. The van der Waals surface area contributed by atoms with Gasteiger partial charge in [-0.1, -0.05) is 23.8 Å². The van der Waals surface area contributed by atoms with Gasteiger partial charge in [-0.15, -0.1) is 0 Å². The Morgan fingerprint density at radius 3 is 2.34 bits per heavy atom. The van der Waals surface area contributed by atoms with Crippen molar-refractivity contribution in [3.8, 4) is 11.5 Å². The monoisotopic (exact) mass is 431 g/mol. The molecule has 3 aromatic carbocycles. The Morgan fingerprint density at radius 2 is 1.62 bits per heavy atom. The van der Waals surface area contributed by atoms with Gasteiger partial charge >= 0.3 is 17.8 Å². The highest BCUT2D eigenvalue weighted by Crippen LogP contribution is 2.16. The van der Waals surface area contributed by atoms with E-state index in [4.69, 9.17) is 9.47 Å². The van der Waals surface area contributed by atoms with Crippen molar-refractivity contribution in [1.29, 1.82) is 0 Å². The summed E-state index contributed by atoms with van der Waals surface area (Å²) >= 11 is 0. The molecule has 0 atom stereocenters. The number of rotatable bonds is 6. The minimum absolute atomic E-state index is 0.371. The molecule has 0 aliphatic rings. The Bertz CT molecular complexity index is 1160. The number of hydrazone groups is 1. The van der Waals surface area contributed by atoms with Crippen molar-refractivity contribution in [2.75, 3.05) is 12.4 Å². The van der Waals surface area contributed by atoms with Gasteiger partial charge in [-0.2, -0.15) is 5.10 Å². The third-order valence-corrected chi connectivity index (χ3v) is 4.26. The van der Waals surface area contributed by atoms with Crippen LogP contribution < -0.4 is 20.2 Å². The number of benzene rings is 3. The number of nitrogens with zero attached hydrogens (tertiary/aromatic N) is 1. The van der Waals surface area contributed by atoms with Crippen molar-refractivity contribution >= 4 is 29.7 Å². The van der Waals surface area contributed by atoms with Crippen LogP contribution in [0, 0.1) is 6.92 Å². The first-order valence-corrected chi connectivity index (χ1v) is 9.62. The first-order valence-electron chi connectivity index (χ1n) is 9.62. The number of ether oxygens (including phenoxy) is 2. The molecule has 162 valence electrons. The first kappa shape index (κ1) is 22.2. The average Bonchev–Trinajstić information content (AvgIpc) is 2.80. The van der Waals surface area contributed by atoms with Crippen LogP contribution in [0.4, 0.5) is 5.69 Å². The van der Waals surface area contributed by atoms with Crippen LogP contribution in [0.5, 0.6) is 11.5 Å². The molecule has 2 amide bonds. The lowest BCUT2D eigenvalue weighted by Gasteiger charge is -2.06. The second kappa shape index (κ2) is 10.5. The van der Waals surface area contributed by atoms with Crippen molar-refractivity contribution in [1.82, 2.24) is 5.43 Å². The maximum Gasteiger partial charge on any atom is 0.343 e. The van der Waals surface area contributed by atoms with E-state index in [1.54, 1.807) is 66.7 Å². The molecule has 32 heavy (non-hydrogen) atoms. The van der Waals surface area contributed by atoms with Crippen LogP contribution in [-0.4, -0.2) is 31.1 Å². The lowest BCUT2D eigenvalue weighted by Crippen LogP contribution is -2.32. The quantitative estimate of drug-likeness (QED) is 0.205. The number of esters is 1. The summed E-state index contributed by atoms with van der Waals surface area (Å²) in [5.74, 6) is -1.32. The van der Waals surface area contributed by atoms with E-state index in [0.717, 1.165) is 5.56 Å². The van der Waals surface area contributed by atoms with E-state index in [9.17, 15) is 14.4 Å². The number of amides is 2. The number of hydrogen-bond donors (Lipinski definition) is 2. The SMILES string of the molecule is COc1cccc(NC(=O)C(=O)N/N=C\c2ccc(OC(=O)c3cccc(C)c3)cc2)c1. The van der Waals surface area contributed by atoms with Crippen LogP contribution in [0.25, 0.3) is 0 Å². The van der Waals surface area contributed by atoms with Crippen molar-refractivity contribution in [3.63, 3.8) is 0 Å². The van der Waals surface area contributed by atoms with Gasteiger partial charge in [0.2, 0.25) is 0 Å². The third-order valence-electron chi connectivity index (χ3n) is 4.26. The molecular formula is C24H21N3O5. The molecule has 0 radical (unpaired) electrons. The van der Waals surface area contributed by atoms with Crippen molar-refractivity contribution in [3.05, 3.63) is 89.5 Å². The van der Waals surface area contributed by atoms with Gasteiger partial charge in [0, 0.05) is 11.8 Å². The summed E-state index contributed by atoms with van der Waals surface area (Å²) in [6.45, 7) is 1.89. The lowest BCUT2D eigenvalue weighted by molar-refractivity contribution is -0.136. The largest absolute Gasteiger partial charge is 0.497 e. The summed E-state index contributed by atoms with van der Waals surface area (Å²) < 4.78 is 10.4. The summed E-state index contributed by atoms with van der Waals surface area (Å²) in [7, 11) is 1.50. The molecule has 0 aliphatic heterocycles. The topological polar surface area (TPSA) is 106 Å². The van der Waals surface area contributed by atoms with Gasteiger partial charge in [-0.05, 0) is 61.0 Å². The van der Waals surface area contributed by atoms with Crippen LogP contribution in [0.3, 0.4) is 0 Å². The molecule has 0 spiro atoms. The Morgan fingerprint density at radius 1 is 0.875 bits per heavy atom. The Labute approximate surface area is 184 Å². The highest BCUT2D eigenvalue weighted by Gasteiger charge is 2.13. The normalized spacial score (nSPS) is 10.4. The van der Waals surface area contributed by atoms with Gasteiger partial charge < -0.3 is 14.8 Å². The number of aryl methyl sites for hydroxylation is 1. The number of methoxy groups -OCH3 is 1. The van der Waals surface area contributed by atoms with E-state index in [2.05, 4.69) is 15.8 Å². The maximum atomic E-state index is 12.2. The number of carbonyl (C=O) groups is 3. The fourth-order valence-electron chi connectivity index (χ4n) is 2.66. The summed E-state index contributed by atoms with van der Waals surface area (Å²) in [5, 5.41) is 6.22. The van der Waals surface area contributed by atoms with Crippen molar-refractivity contribution in [2.24, 2.45) is 5.10 Å². The van der Waals surface area contributed by atoms with E-state index in [1.165, 1.54) is 13.3 Å². The van der Waals surface area contributed by atoms with Crippen molar-refractivity contribution < 1.29 is 23.9 Å². The maximum absolute atomic E-state index is 12.2. The number of anilines is 1. The third kappa shape index (κ3) is 6.27. The molecule has 8 nitrogen and oxygen atoms in total. The Balaban J connectivity index is 1.51. The molecule has 8 heteroatoms. The highest BCUT2D eigenvalue weighted by molar-refractivity contribution is 6.39. The van der Waals surface area contributed by atoms with Gasteiger partial charge in [0.05, 0.1) is 18.9 Å². The minimum atomic E-state index is -0.923. The zero-order chi connectivity index (χ0) is 22.9. The van der Waals surface area contributed by atoms with Gasteiger partial charge in [0.15, 0.2) is 0 Å². The van der Waals surface area contributed by atoms with Crippen LogP contribution in [0.15, 0.2) is 77.9 Å². The van der Waals surface area contributed by atoms with Gasteiger partial charge in [-0.25, -0.2) is 10.2 Å². The Hall–Kier alpha value is -4.46. The predicted molar refractivity (Wildman–Crippen MR) is 120 cm³/mol. The van der Waals surface area contributed by atoms with Gasteiger partial charge in [-0.3, -0.25) is 9.59 Å². The smallest absolute Gasteiger partial charge is 0.343 e. The van der Waals surface area contributed by atoms with E-state index in [-0.39, 0.29) is 0 Å². The van der Waals surface area contributed by atoms with E-state index in [0.29, 0.717) is 28.3 Å². The predicted octanol–water partition coefficient (Wildman–Crippen LogP) is 3.31. The molecule has 0 fully saturated rings. The number of hydrogen-bond acceptors (Lipinski definition) is 6. The fraction of sp³-hybridized carbons (Fsp3) is 0.0833. The van der Waals surface area contributed by atoms with Gasteiger partial charge in [0.1, 0.15) is 11.5 Å². The van der Waals surface area contributed by atoms with Crippen LogP contribution in [-0.2, 0) is 9.59 Å². The number of nitrogens with one attached hydrogen (secondary N) is 2. The van der Waals surface area contributed by atoms with Gasteiger partial charge in [0.25, 0.3) is 0 Å². The Kier molecular flexibility index (Phi) is 7.32. The average molecular weight is 431 g/mol. The molecule has 0 saturated carbocycles. The summed E-state index contributed by atoms with van der Waals surface area (Å²) in [4.78, 5) is 36.0. The highest BCUT2D eigenvalue weighted by atomic mass is 16.5. The standard InChI is InChI=1S/C24H21N3O5/c1-16-5-3-6-18(13-16)24(30)32-20-11-9-17(10-12-20)15-25-27-23(29)22(28)26-19-7-4-8-21(14-19)31-2/h3-15H,1-2H3,(H,26,28)(H,27,29)/b25-15-. The molecule has 0 unspecified atom stereocenters. The second-order valence-electron chi connectivity index (χ2n) is 6.71. The van der Waals surface area contributed by atoms with E-state index < -0.39 is 17.8 Å². The van der Waals surface area contributed by atoms with E-state index >= 15 is 0 Å². The fourth-order valence-corrected chi connectivity index (χ4v) is 2.66. The van der Waals surface area contributed by atoms with Crippen LogP contribution in [0.2, 0.25) is 0 Å². The first-order chi connectivity index (χ1) is 15.4. The zero-order valence-electron chi connectivity index (χ0n) is 17.5. The molecule has 3 rings (SSSR count). The minimum Gasteiger partial charge on any atom is -0.497 e. The second-order valence-corrected chi connectivity index (χ2v) is 6.71. The molecule has 2 N–H and O–H groups in total. The lowest BCUT2D eigenvalue weighted by atomic mass is 10.1. The van der Waals surface area contributed by atoms with E-state index in [1.807, 2.05) is 13.0 Å². The molecule has 0 aromatic heterocycles. The molecule has 0 heterocycles. The summed E-state index contributed by atoms with van der Waals surface area (Å²) in [5.41, 5.74) is 4.64. The number of carbonyl (C=O) groups excluding carboxylic acids is 3. The molecule has 3 aromatic rings. The summed E-state index contributed by atoms with van der Waals surface area (Å²) in [6, 6.07) is 20.3. The van der Waals surface area contributed by atoms with Crippen molar-refractivity contribution in [2.45, 2.75) is 6.92 Å².